The Labute approximate surface area is 146 Å². The van der Waals surface area contributed by atoms with Gasteiger partial charge in [0.2, 0.25) is 0 Å². The zero-order chi connectivity index (χ0) is 17.2. The molecule has 0 aliphatic rings. The van der Waals surface area contributed by atoms with Gasteiger partial charge in [0.25, 0.3) is 10.0 Å². The van der Waals surface area contributed by atoms with Crippen LogP contribution in [-0.2, 0) is 10.0 Å². The number of nitrogens with zero attached hydrogens (tertiary/aromatic N) is 1. The molecule has 4 nitrogen and oxygen atoms in total. The van der Waals surface area contributed by atoms with Gasteiger partial charge in [-0.3, -0.25) is 4.31 Å². The lowest BCUT2D eigenvalue weighted by atomic mass is 10.0. The summed E-state index contributed by atoms with van der Waals surface area (Å²) in [7, 11) is -0.533. The summed E-state index contributed by atoms with van der Waals surface area (Å²) in [6.45, 7) is 4.20. The minimum Gasteiger partial charge on any atom is -0.496 e. The van der Waals surface area contributed by atoms with Crippen molar-refractivity contribution >= 4 is 31.6 Å². The molecule has 0 heterocycles. The van der Waals surface area contributed by atoms with Crippen LogP contribution >= 0.6 is 15.9 Å². The molecule has 6 heteroatoms. The van der Waals surface area contributed by atoms with Gasteiger partial charge in [-0.05, 0) is 57.7 Å². The summed E-state index contributed by atoms with van der Waals surface area (Å²) in [5.74, 6) is 0.997. The molecule has 0 radical (unpaired) electrons. The second-order valence-corrected chi connectivity index (χ2v) is 8.34. The van der Waals surface area contributed by atoms with Crippen molar-refractivity contribution in [1.82, 2.24) is 0 Å². The summed E-state index contributed by atoms with van der Waals surface area (Å²) in [4.78, 5) is 0.209. The van der Waals surface area contributed by atoms with Gasteiger partial charge in [-0.25, -0.2) is 8.42 Å². The SMILES string of the molecule is COc1ccc(S(=O)(=O)N(C)c2ccc(C(C)C)cc2)cc1Br. The molecule has 2 aromatic rings. The number of methoxy groups -OCH3 is 1. The van der Waals surface area contributed by atoms with Crippen LogP contribution in [0.5, 0.6) is 5.75 Å². The van der Waals surface area contributed by atoms with E-state index in [4.69, 9.17) is 4.74 Å². The third kappa shape index (κ3) is 3.70. The van der Waals surface area contributed by atoms with Crippen LogP contribution < -0.4 is 9.04 Å². The maximum absolute atomic E-state index is 12.8. The lowest BCUT2D eigenvalue weighted by molar-refractivity contribution is 0.411. The maximum Gasteiger partial charge on any atom is 0.264 e. The number of halogens is 1. The summed E-state index contributed by atoms with van der Waals surface area (Å²) in [5.41, 5.74) is 1.80. The second kappa shape index (κ2) is 6.93. The maximum atomic E-state index is 12.8. The zero-order valence-electron chi connectivity index (χ0n) is 13.6. The molecule has 0 saturated carbocycles. The van der Waals surface area contributed by atoms with Crippen molar-refractivity contribution < 1.29 is 13.2 Å². The van der Waals surface area contributed by atoms with E-state index >= 15 is 0 Å². The highest BCUT2D eigenvalue weighted by Gasteiger charge is 2.22. The van der Waals surface area contributed by atoms with E-state index in [0.717, 1.165) is 0 Å². The van der Waals surface area contributed by atoms with E-state index in [1.165, 1.54) is 23.0 Å². The highest BCUT2D eigenvalue weighted by Crippen LogP contribution is 2.30. The summed E-state index contributed by atoms with van der Waals surface area (Å²) in [6, 6.07) is 12.3. The van der Waals surface area contributed by atoms with Crippen molar-refractivity contribution in [3.05, 3.63) is 52.5 Å². The molecule has 124 valence electrons. The Hall–Kier alpha value is -1.53. The molecule has 0 aromatic heterocycles. The molecule has 2 rings (SSSR count). The van der Waals surface area contributed by atoms with E-state index in [2.05, 4.69) is 29.8 Å². The highest BCUT2D eigenvalue weighted by molar-refractivity contribution is 9.10. The third-order valence-corrected chi connectivity index (χ3v) is 6.11. The predicted octanol–water partition coefficient (Wildman–Crippen LogP) is 4.41. The Morgan fingerprint density at radius 1 is 1.09 bits per heavy atom. The van der Waals surface area contributed by atoms with E-state index in [9.17, 15) is 8.42 Å². The number of rotatable bonds is 5. The lowest BCUT2D eigenvalue weighted by Crippen LogP contribution is -2.26. The highest BCUT2D eigenvalue weighted by atomic mass is 79.9. The van der Waals surface area contributed by atoms with Crippen LogP contribution in [0.25, 0.3) is 0 Å². The topological polar surface area (TPSA) is 46.6 Å². The third-order valence-electron chi connectivity index (χ3n) is 3.71. The fraction of sp³-hybridized carbons (Fsp3) is 0.294. The molecule has 0 unspecified atom stereocenters. The number of anilines is 1. The molecule has 0 N–H and O–H groups in total. The average Bonchev–Trinajstić information content (AvgIpc) is 2.54. The van der Waals surface area contributed by atoms with Gasteiger partial charge in [0.05, 0.1) is 22.2 Å². The first-order chi connectivity index (χ1) is 10.8. The van der Waals surface area contributed by atoms with Crippen LogP contribution in [0.15, 0.2) is 51.8 Å². The first-order valence-electron chi connectivity index (χ1n) is 7.19. The van der Waals surface area contributed by atoms with E-state index in [1.54, 1.807) is 19.2 Å². The van der Waals surface area contributed by atoms with Gasteiger partial charge in [0, 0.05) is 7.05 Å². The fourth-order valence-corrected chi connectivity index (χ4v) is 4.09. The number of sulfonamides is 1. The van der Waals surface area contributed by atoms with Crippen LogP contribution in [-0.4, -0.2) is 22.6 Å². The molecule has 0 spiro atoms. The summed E-state index contributed by atoms with van der Waals surface area (Å²) in [5, 5.41) is 0. The van der Waals surface area contributed by atoms with E-state index in [1.807, 2.05) is 24.3 Å². The van der Waals surface area contributed by atoms with Crippen LogP contribution in [0.4, 0.5) is 5.69 Å². The van der Waals surface area contributed by atoms with Crippen molar-refractivity contribution in [3.63, 3.8) is 0 Å². The zero-order valence-corrected chi connectivity index (χ0v) is 16.0. The average molecular weight is 398 g/mol. The second-order valence-electron chi connectivity index (χ2n) is 5.52. The standard InChI is InChI=1S/C17H20BrNO3S/c1-12(2)13-5-7-14(8-6-13)19(3)23(20,21)15-9-10-17(22-4)16(18)11-15/h5-12H,1-4H3. The Balaban J connectivity index is 2.36. The molecule has 0 saturated heterocycles. The number of benzene rings is 2. The van der Waals surface area contributed by atoms with Crippen molar-refractivity contribution in [1.29, 1.82) is 0 Å². The Kier molecular flexibility index (Phi) is 5.37. The molecule has 23 heavy (non-hydrogen) atoms. The number of hydrogen-bond acceptors (Lipinski definition) is 3. The van der Waals surface area contributed by atoms with Gasteiger partial charge < -0.3 is 4.74 Å². The van der Waals surface area contributed by atoms with Crippen LogP contribution in [0.1, 0.15) is 25.3 Å². The minimum atomic E-state index is -3.62. The molecule has 0 aliphatic heterocycles. The van der Waals surface area contributed by atoms with Crippen LogP contribution in [0.2, 0.25) is 0 Å². The number of hydrogen-bond donors (Lipinski definition) is 0. The Bertz CT molecular complexity index is 786. The quantitative estimate of drug-likeness (QED) is 0.750. The molecule has 0 fully saturated rings. The van der Waals surface area contributed by atoms with Crippen molar-refractivity contribution in [2.24, 2.45) is 0 Å². The first kappa shape index (κ1) is 17.8. The van der Waals surface area contributed by atoms with E-state index in [0.29, 0.717) is 21.8 Å². The largest absolute Gasteiger partial charge is 0.496 e. The first-order valence-corrected chi connectivity index (χ1v) is 9.43. The molecular formula is C17H20BrNO3S. The van der Waals surface area contributed by atoms with Gasteiger partial charge in [0.1, 0.15) is 5.75 Å². The van der Waals surface area contributed by atoms with Gasteiger partial charge in [0.15, 0.2) is 0 Å². The van der Waals surface area contributed by atoms with Crippen molar-refractivity contribution in [3.8, 4) is 5.75 Å². The predicted molar refractivity (Wildman–Crippen MR) is 96.8 cm³/mol. The lowest BCUT2D eigenvalue weighted by Gasteiger charge is -2.20. The minimum absolute atomic E-state index is 0.209. The van der Waals surface area contributed by atoms with Crippen LogP contribution in [0, 0.1) is 0 Å². The Morgan fingerprint density at radius 3 is 2.17 bits per heavy atom. The van der Waals surface area contributed by atoms with Crippen molar-refractivity contribution in [2.75, 3.05) is 18.5 Å². The molecule has 2 aromatic carbocycles. The summed E-state index contributed by atoms with van der Waals surface area (Å²) >= 11 is 3.32. The fourth-order valence-electron chi connectivity index (χ4n) is 2.17. The summed E-state index contributed by atoms with van der Waals surface area (Å²) < 4.78 is 32.6. The van der Waals surface area contributed by atoms with E-state index < -0.39 is 10.0 Å². The Morgan fingerprint density at radius 2 is 1.70 bits per heavy atom. The van der Waals surface area contributed by atoms with Crippen molar-refractivity contribution in [2.45, 2.75) is 24.7 Å². The molecular weight excluding hydrogens is 378 g/mol. The van der Waals surface area contributed by atoms with Crippen LogP contribution in [0.3, 0.4) is 0 Å². The van der Waals surface area contributed by atoms with E-state index in [-0.39, 0.29) is 4.90 Å². The summed E-state index contributed by atoms with van der Waals surface area (Å²) in [6.07, 6.45) is 0. The number of ether oxygens (including phenoxy) is 1. The molecule has 0 atom stereocenters. The van der Waals surface area contributed by atoms with Gasteiger partial charge in [-0.1, -0.05) is 26.0 Å². The molecule has 0 amide bonds. The van der Waals surface area contributed by atoms with Gasteiger partial charge >= 0.3 is 0 Å². The normalized spacial score (nSPS) is 11.6. The van der Waals surface area contributed by atoms with Gasteiger partial charge in [-0.2, -0.15) is 0 Å². The monoisotopic (exact) mass is 397 g/mol. The molecule has 0 bridgehead atoms. The van der Waals surface area contributed by atoms with Gasteiger partial charge in [-0.15, -0.1) is 0 Å². The molecule has 0 aliphatic carbocycles. The smallest absolute Gasteiger partial charge is 0.264 e.